The van der Waals surface area contributed by atoms with Crippen molar-refractivity contribution in [3.63, 3.8) is 0 Å². The molecule has 3 aromatic rings. The molecule has 3 aromatic carbocycles. The van der Waals surface area contributed by atoms with E-state index in [4.69, 9.17) is 26.8 Å². The van der Waals surface area contributed by atoms with Crippen molar-refractivity contribution in [3.8, 4) is 11.5 Å². The first-order chi connectivity index (χ1) is 21.0. The predicted octanol–water partition coefficient (Wildman–Crippen LogP) is 5.09. The van der Waals surface area contributed by atoms with Crippen LogP contribution in [0.4, 0.5) is 29.3 Å². The molecule has 45 heavy (non-hydrogen) atoms. The van der Waals surface area contributed by atoms with Crippen LogP contribution in [0.5, 0.6) is 11.5 Å². The van der Waals surface area contributed by atoms with Crippen molar-refractivity contribution in [2.45, 2.75) is 18.0 Å². The molecule has 3 rings (SSSR count). The van der Waals surface area contributed by atoms with Crippen LogP contribution in [0.1, 0.15) is 22.8 Å². The number of anilines is 1. The zero-order chi connectivity index (χ0) is 33.9. The van der Waals surface area contributed by atoms with Gasteiger partial charge in [-0.25, -0.2) is 27.5 Å². The van der Waals surface area contributed by atoms with Gasteiger partial charge in [-0.1, -0.05) is 11.6 Å². The number of benzene rings is 3. The number of hydrogen-bond donors (Lipinski definition) is 2. The summed E-state index contributed by atoms with van der Waals surface area (Å²) in [6.45, 7) is 0.825. The number of hydrogen-bond acceptors (Lipinski definition) is 12. The highest BCUT2D eigenvalue weighted by Crippen LogP contribution is 2.37. The van der Waals surface area contributed by atoms with E-state index in [2.05, 4.69) is 9.47 Å². The molecule has 0 aliphatic carbocycles. The Hall–Kier alpha value is -5.10. The zero-order valence-corrected chi connectivity index (χ0v) is 24.7. The molecule has 0 aromatic heterocycles. The number of ether oxygens (including phenoxy) is 4. The molecule has 0 atom stereocenters. The third kappa shape index (κ3) is 10.8. The molecule has 14 nitrogen and oxygen atoms in total. The largest absolute Gasteiger partial charge is 0.463 e. The number of nitro groups is 1. The number of methoxy groups -OCH3 is 1. The molecule has 0 saturated heterocycles. The second-order valence-electron chi connectivity index (χ2n) is 8.23. The van der Waals surface area contributed by atoms with Crippen LogP contribution in [-0.4, -0.2) is 51.7 Å². The summed E-state index contributed by atoms with van der Waals surface area (Å²) in [5, 5.41) is 10.8. The highest BCUT2D eigenvalue weighted by Gasteiger charge is 2.31. The summed E-state index contributed by atoms with van der Waals surface area (Å²) < 4.78 is 81.6. The Morgan fingerprint density at radius 3 is 2.20 bits per heavy atom. The van der Waals surface area contributed by atoms with E-state index in [-0.39, 0.29) is 28.0 Å². The van der Waals surface area contributed by atoms with Gasteiger partial charge in [0.05, 0.1) is 34.1 Å². The van der Waals surface area contributed by atoms with Crippen LogP contribution in [-0.2, 0) is 35.2 Å². The van der Waals surface area contributed by atoms with Crippen molar-refractivity contribution in [2.24, 2.45) is 0 Å². The van der Waals surface area contributed by atoms with E-state index < -0.39 is 62.6 Å². The van der Waals surface area contributed by atoms with Crippen LogP contribution in [0.2, 0.25) is 5.02 Å². The molecule has 0 saturated carbocycles. The van der Waals surface area contributed by atoms with Crippen LogP contribution in [0.15, 0.2) is 65.6 Å². The molecule has 0 fully saturated rings. The van der Waals surface area contributed by atoms with E-state index in [1.165, 1.54) is 31.2 Å². The lowest BCUT2D eigenvalue weighted by atomic mass is 10.1. The van der Waals surface area contributed by atoms with E-state index in [1.54, 1.807) is 4.72 Å². The molecule has 242 valence electrons. The SMILES string of the molecule is CCOC(=O)COC(=O)c1cc(Oc2ccc(C(F)(F)F)cc2Cl)ccc1[N+](=O)[O-].COC(=O)NS(=O)(=O)c1ccc(N)cc1. The number of carbonyl (C=O) groups excluding carboxylic acids is 3. The van der Waals surface area contributed by atoms with Gasteiger partial charge in [-0.05, 0) is 55.5 Å². The molecule has 0 aliphatic rings. The van der Waals surface area contributed by atoms with Gasteiger partial charge >= 0.3 is 24.2 Å². The summed E-state index contributed by atoms with van der Waals surface area (Å²) in [5.74, 6) is -2.36. The molecule has 0 unspecified atom stereocenters. The number of carbonyl (C=O) groups is 3. The average Bonchev–Trinajstić information content (AvgIpc) is 2.96. The number of sulfonamides is 1. The van der Waals surface area contributed by atoms with Crippen molar-refractivity contribution >= 4 is 51.0 Å². The van der Waals surface area contributed by atoms with Crippen molar-refractivity contribution in [1.82, 2.24) is 4.72 Å². The van der Waals surface area contributed by atoms with Crippen molar-refractivity contribution in [3.05, 3.63) is 86.9 Å². The summed E-state index contributed by atoms with van der Waals surface area (Å²) in [4.78, 5) is 44.4. The first-order valence-corrected chi connectivity index (χ1v) is 14.0. The number of nitrogen functional groups attached to an aromatic ring is 1. The number of nitrogens with one attached hydrogen (secondary N) is 1. The monoisotopic (exact) mass is 677 g/mol. The Bertz CT molecular complexity index is 1670. The third-order valence-corrected chi connectivity index (χ3v) is 6.72. The maximum Gasteiger partial charge on any atom is 0.420 e. The molecule has 1 amide bonds. The van der Waals surface area contributed by atoms with E-state index in [9.17, 15) is 46.1 Å². The molecule has 0 spiro atoms. The maximum atomic E-state index is 12.7. The molecule has 0 bridgehead atoms. The minimum atomic E-state index is -4.61. The van der Waals surface area contributed by atoms with Crippen LogP contribution >= 0.6 is 11.6 Å². The van der Waals surface area contributed by atoms with Gasteiger partial charge in [-0.15, -0.1) is 0 Å². The maximum absolute atomic E-state index is 12.7. The zero-order valence-electron chi connectivity index (χ0n) is 23.1. The van der Waals surface area contributed by atoms with Gasteiger partial charge in [0.2, 0.25) is 0 Å². The summed E-state index contributed by atoms with van der Waals surface area (Å²) in [6.07, 6.45) is -5.64. The Morgan fingerprint density at radius 1 is 1.02 bits per heavy atom. The Balaban J connectivity index is 0.000000394. The highest BCUT2D eigenvalue weighted by molar-refractivity contribution is 7.90. The van der Waals surface area contributed by atoms with E-state index in [0.717, 1.165) is 37.4 Å². The van der Waals surface area contributed by atoms with Crippen LogP contribution in [0.3, 0.4) is 0 Å². The summed E-state index contributed by atoms with van der Waals surface area (Å²) in [6, 6.07) is 10.8. The smallest absolute Gasteiger partial charge is 0.420 e. The van der Waals surface area contributed by atoms with E-state index in [1.807, 2.05) is 0 Å². The molecule has 19 heteroatoms. The normalized spacial score (nSPS) is 10.9. The highest BCUT2D eigenvalue weighted by atomic mass is 35.5. The van der Waals surface area contributed by atoms with Gasteiger partial charge in [-0.3, -0.25) is 10.1 Å². The van der Waals surface area contributed by atoms with Gasteiger partial charge in [-0.2, -0.15) is 13.2 Å². The standard InChI is InChI=1S/C18H13ClF3NO7.C8H10N2O4S/c1-2-28-16(24)9-29-17(25)12-8-11(4-5-14(12)23(26)27)30-15-6-3-10(7-13(15)19)18(20,21)22;1-14-8(11)10-15(12,13)7-4-2-6(9)3-5-7/h3-8H,2,9H2,1H3;2-5H,9H2,1H3,(H,10,11). The lowest BCUT2D eigenvalue weighted by Gasteiger charge is -2.12. The van der Waals surface area contributed by atoms with Crippen molar-refractivity contribution in [2.75, 3.05) is 26.1 Å². The summed E-state index contributed by atoms with van der Waals surface area (Å²) in [5.41, 5.74) is 3.67. The quantitative estimate of drug-likeness (QED) is 0.0999. The first kappa shape index (κ1) is 36.1. The number of nitro benzene ring substituents is 1. The Morgan fingerprint density at radius 2 is 1.67 bits per heavy atom. The lowest BCUT2D eigenvalue weighted by molar-refractivity contribution is -0.385. The third-order valence-electron chi connectivity index (χ3n) is 5.09. The Labute approximate surface area is 258 Å². The number of esters is 2. The van der Waals surface area contributed by atoms with Gasteiger partial charge in [0, 0.05) is 17.8 Å². The fourth-order valence-electron chi connectivity index (χ4n) is 3.05. The number of rotatable bonds is 9. The average molecular weight is 678 g/mol. The molecule has 0 radical (unpaired) electrons. The minimum Gasteiger partial charge on any atom is -0.463 e. The van der Waals surface area contributed by atoms with Crippen LogP contribution in [0.25, 0.3) is 0 Å². The number of nitrogens with two attached hydrogens (primary N) is 1. The molecular weight excluding hydrogens is 655 g/mol. The second-order valence-corrected chi connectivity index (χ2v) is 10.3. The fraction of sp³-hybridized carbons (Fsp3) is 0.192. The second kappa shape index (κ2) is 15.6. The molecule has 0 aliphatic heterocycles. The topological polar surface area (TPSA) is 203 Å². The first-order valence-electron chi connectivity index (χ1n) is 12.1. The van der Waals surface area contributed by atoms with Crippen LogP contribution < -0.4 is 15.2 Å². The number of nitrogens with zero attached hydrogens (tertiary/aromatic N) is 1. The summed E-state index contributed by atoms with van der Waals surface area (Å²) in [7, 11) is -2.79. The number of amides is 1. The van der Waals surface area contributed by atoms with Gasteiger partial charge < -0.3 is 24.7 Å². The van der Waals surface area contributed by atoms with E-state index >= 15 is 0 Å². The van der Waals surface area contributed by atoms with E-state index in [0.29, 0.717) is 11.8 Å². The minimum absolute atomic E-state index is 0.0493. The molecule has 0 heterocycles. The van der Waals surface area contributed by atoms with Crippen molar-refractivity contribution < 1.29 is 59.8 Å². The van der Waals surface area contributed by atoms with Crippen molar-refractivity contribution in [1.29, 1.82) is 0 Å². The molecular formula is C26H23ClF3N3O11S. The van der Waals surface area contributed by atoms with Gasteiger partial charge in [0.25, 0.3) is 15.7 Å². The predicted molar refractivity (Wildman–Crippen MR) is 150 cm³/mol. The van der Waals surface area contributed by atoms with Gasteiger partial charge in [0.15, 0.2) is 6.61 Å². The number of halogens is 4. The fourth-order valence-corrected chi connectivity index (χ4v) is 4.18. The number of alkyl halides is 3. The van der Waals surface area contributed by atoms with Gasteiger partial charge in [0.1, 0.15) is 17.1 Å². The molecule has 3 N–H and O–H groups in total. The summed E-state index contributed by atoms with van der Waals surface area (Å²) >= 11 is 5.81. The lowest BCUT2D eigenvalue weighted by Crippen LogP contribution is -2.30. The van der Waals surface area contributed by atoms with Crippen LogP contribution in [0, 0.1) is 10.1 Å². The Kier molecular flexibility index (Phi) is 12.5.